The van der Waals surface area contributed by atoms with Crippen molar-refractivity contribution in [1.82, 2.24) is 0 Å². The van der Waals surface area contributed by atoms with E-state index in [2.05, 4.69) is 18.8 Å². The van der Waals surface area contributed by atoms with Crippen molar-refractivity contribution in [3.8, 4) is 11.8 Å². The van der Waals surface area contributed by atoms with E-state index in [1.807, 2.05) is 6.92 Å². The fourth-order valence-electron chi connectivity index (χ4n) is 3.99. The summed E-state index contributed by atoms with van der Waals surface area (Å²) in [7, 11) is 0. The third-order valence-electron chi connectivity index (χ3n) is 5.64. The molecular weight excluding hydrogens is 284 g/mol. The van der Waals surface area contributed by atoms with Gasteiger partial charge in [0, 0.05) is 6.42 Å². The van der Waals surface area contributed by atoms with E-state index in [-0.39, 0.29) is 11.7 Å². The van der Waals surface area contributed by atoms with Crippen LogP contribution >= 0.6 is 0 Å². The molecule has 132 valence electrons. The zero-order valence-corrected chi connectivity index (χ0v) is 15.3. The minimum absolute atomic E-state index is 0.224. The van der Waals surface area contributed by atoms with Crippen LogP contribution in [0.5, 0.6) is 0 Å². The third kappa shape index (κ3) is 5.23. The van der Waals surface area contributed by atoms with Gasteiger partial charge in [0.25, 0.3) is 0 Å². The highest BCUT2D eigenvalue weighted by atomic mass is 16.6. The Morgan fingerprint density at radius 2 is 1.70 bits per heavy atom. The first-order chi connectivity index (χ1) is 11.1. The van der Waals surface area contributed by atoms with Gasteiger partial charge in [0.2, 0.25) is 0 Å². The van der Waals surface area contributed by atoms with Crippen molar-refractivity contribution >= 4 is 0 Å². The summed E-state index contributed by atoms with van der Waals surface area (Å²) in [5, 5.41) is 11.0. The Kier molecular flexibility index (Phi) is 7.44. The summed E-state index contributed by atoms with van der Waals surface area (Å²) in [5.41, 5.74) is -1.38. The monoisotopic (exact) mass is 320 g/mol. The molecule has 1 heterocycles. The summed E-state index contributed by atoms with van der Waals surface area (Å²) in [5.74, 6) is 6.38. The van der Waals surface area contributed by atoms with Crippen LogP contribution in [0.2, 0.25) is 0 Å². The summed E-state index contributed by atoms with van der Waals surface area (Å²) in [4.78, 5) is 0. The molecule has 2 aliphatic rings. The van der Waals surface area contributed by atoms with E-state index in [4.69, 9.17) is 4.74 Å². The minimum Gasteiger partial charge on any atom is -0.375 e. The zero-order chi connectivity index (χ0) is 16.6. The van der Waals surface area contributed by atoms with Gasteiger partial charge < -0.3 is 9.84 Å². The number of hydrogen-bond donors (Lipinski definition) is 1. The highest BCUT2D eigenvalue weighted by Gasteiger charge is 2.65. The summed E-state index contributed by atoms with van der Waals surface area (Å²) in [6.45, 7) is 4.09. The van der Waals surface area contributed by atoms with Crippen molar-refractivity contribution in [3.63, 3.8) is 0 Å². The average Bonchev–Trinajstić information content (AvgIpc) is 3.22. The van der Waals surface area contributed by atoms with Gasteiger partial charge >= 0.3 is 0 Å². The first-order valence-corrected chi connectivity index (χ1v) is 10.0. The number of ether oxygens (including phenoxy) is 1. The number of rotatable bonds is 4. The van der Waals surface area contributed by atoms with Crippen LogP contribution in [0, 0.1) is 11.8 Å². The molecule has 0 aromatic rings. The molecule has 1 saturated heterocycles. The maximum atomic E-state index is 11.0. The fraction of sp³-hybridized carbons (Fsp3) is 0.905. The molecule has 2 nitrogen and oxygen atoms in total. The number of hydrogen-bond acceptors (Lipinski definition) is 2. The predicted octanol–water partition coefficient (Wildman–Crippen LogP) is 5.37. The lowest BCUT2D eigenvalue weighted by atomic mass is 9.80. The van der Waals surface area contributed by atoms with Gasteiger partial charge in [-0.15, -0.1) is 5.92 Å². The Labute approximate surface area is 143 Å². The molecule has 0 amide bonds. The Hall–Kier alpha value is -0.520. The molecule has 0 spiro atoms. The lowest BCUT2D eigenvalue weighted by Crippen LogP contribution is -2.43. The molecule has 0 bridgehead atoms. The van der Waals surface area contributed by atoms with Gasteiger partial charge in [-0.3, -0.25) is 0 Å². The molecule has 1 saturated carbocycles. The van der Waals surface area contributed by atoms with Gasteiger partial charge in [0.15, 0.2) is 5.60 Å². The second-order valence-electron chi connectivity index (χ2n) is 7.69. The number of fused-ring (bicyclic) bond motifs is 1. The Morgan fingerprint density at radius 3 is 2.39 bits per heavy atom. The number of unbranched alkanes of at least 4 members (excludes halogenated alkanes) is 3. The molecule has 23 heavy (non-hydrogen) atoms. The molecule has 1 aliphatic heterocycles. The second kappa shape index (κ2) is 9.09. The highest BCUT2D eigenvalue weighted by molar-refractivity contribution is 5.27. The van der Waals surface area contributed by atoms with Gasteiger partial charge in [-0.1, -0.05) is 77.1 Å². The normalized spacial score (nSPS) is 31.5. The van der Waals surface area contributed by atoms with E-state index < -0.39 is 5.60 Å². The maximum absolute atomic E-state index is 11.0. The van der Waals surface area contributed by atoms with Crippen molar-refractivity contribution in [3.05, 3.63) is 0 Å². The summed E-state index contributed by atoms with van der Waals surface area (Å²) in [6, 6.07) is 0. The molecule has 3 unspecified atom stereocenters. The van der Waals surface area contributed by atoms with E-state index in [1.165, 1.54) is 57.8 Å². The van der Waals surface area contributed by atoms with Gasteiger partial charge in [-0.25, -0.2) is 0 Å². The molecule has 2 heteroatoms. The Balaban J connectivity index is 1.95. The molecule has 3 atom stereocenters. The van der Waals surface area contributed by atoms with Crippen LogP contribution in [0.3, 0.4) is 0 Å². The topological polar surface area (TPSA) is 32.8 Å². The number of aliphatic hydroxyl groups is 1. The van der Waals surface area contributed by atoms with Crippen molar-refractivity contribution < 1.29 is 9.84 Å². The summed E-state index contributed by atoms with van der Waals surface area (Å²) in [6.07, 6.45) is 17.1. The van der Waals surface area contributed by atoms with Crippen molar-refractivity contribution in [2.45, 2.75) is 121 Å². The van der Waals surface area contributed by atoms with Crippen LogP contribution in [0.25, 0.3) is 0 Å². The van der Waals surface area contributed by atoms with Crippen LogP contribution < -0.4 is 0 Å². The van der Waals surface area contributed by atoms with E-state index in [0.717, 1.165) is 32.1 Å². The molecule has 2 rings (SSSR count). The van der Waals surface area contributed by atoms with Crippen LogP contribution in [0.1, 0.15) is 104 Å². The standard InChI is InChI=1S/C21H36O2/c1-3-4-5-11-14-17-20(2,22)21-18-15-12-9-7-6-8-10-13-16-19(21)23-21/h19,22H,3-13,15-16,18H2,1-2H3. The maximum Gasteiger partial charge on any atom is 0.153 e. The first kappa shape index (κ1) is 18.8. The molecule has 1 aliphatic carbocycles. The second-order valence-corrected chi connectivity index (χ2v) is 7.69. The zero-order valence-electron chi connectivity index (χ0n) is 15.3. The smallest absolute Gasteiger partial charge is 0.153 e. The highest BCUT2D eigenvalue weighted by Crippen LogP contribution is 2.51. The van der Waals surface area contributed by atoms with Crippen molar-refractivity contribution in [2.24, 2.45) is 0 Å². The van der Waals surface area contributed by atoms with E-state index in [1.54, 1.807) is 0 Å². The molecular formula is C21H36O2. The SMILES string of the molecule is CCCCCC#CC(C)(O)C12CCCCCCCCCCC1O2. The van der Waals surface area contributed by atoms with Gasteiger partial charge in [0.1, 0.15) is 5.60 Å². The van der Waals surface area contributed by atoms with Gasteiger partial charge in [0.05, 0.1) is 6.10 Å². The summed E-state index contributed by atoms with van der Waals surface area (Å²) < 4.78 is 6.11. The van der Waals surface area contributed by atoms with Crippen molar-refractivity contribution in [2.75, 3.05) is 0 Å². The molecule has 2 fully saturated rings. The van der Waals surface area contributed by atoms with E-state index in [0.29, 0.717) is 0 Å². The quantitative estimate of drug-likeness (QED) is 0.429. The minimum atomic E-state index is -0.992. The lowest BCUT2D eigenvalue weighted by molar-refractivity contribution is 0.0227. The average molecular weight is 321 g/mol. The predicted molar refractivity (Wildman–Crippen MR) is 96.3 cm³/mol. The fourth-order valence-corrected chi connectivity index (χ4v) is 3.99. The number of epoxide rings is 1. The van der Waals surface area contributed by atoms with Crippen LogP contribution in [-0.2, 0) is 4.74 Å². The van der Waals surface area contributed by atoms with Gasteiger partial charge in [-0.2, -0.15) is 0 Å². The van der Waals surface area contributed by atoms with Crippen LogP contribution in [-0.4, -0.2) is 22.4 Å². The van der Waals surface area contributed by atoms with Crippen LogP contribution in [0.4, 0.5) is 0 Å². The van der Waals surface area contributed by atoms with Crippen LogP contribution in [0.15, 0.2) is 0 Å². The summed E-state index contributed by atoms with van der Waals surface area (Å²) >= 11 is 0. The molecule has 1 N–H and O–H groups in total. The van der Waals surface area contributed by atoms with Gasteiger partial charge in [-0.05, 0) is 26.2 Å². The Bertz CT molecular complexity index is 404. The third-order valence-corrected chi connectivity index (χ3v) is 5.64. The Morgan fingerprint density at radius 1 is 1.04 bits per heavy atom. The molecule has 0 aromatic heterocycles. The lowest BCUT2D eigenvalue weighted by Gasteiger charge is -2.26. The van der Waals surface area contributed by atoms with Crippen molar-refractivity contribution in [1.29, 1.82) is 0 Å². The van der Waals surface area contributed by atoms with E-state index in [9.17, 15) is 5.11 Å². The molecule has 0 radical (unpaired) electrons. The van der Waals surface area contributed by atoms with E-state index >= 15 is 0 Å². The molecule has 0 aromatic carbocycles. The first-order valence-electron chi connectivity index (χ1n) is 10.0. The largest absolute Gasteiger partial charge is 0.375 e.